The zero-order chi connectivity index (χ0) is 36.3. The van der Waals surface area contributed by atoms with E-state index in [0.29, 0.717) is 5.89 Å². The first-order valence-corrected chi connectivity index (χ1v) is 19.4. The van der Waals surface area contributed by atoms with Crippen LogP contribution in [-0.2, 0) is 0 Å². The minimum absolute atomic E-state index is 0.650. The van der Waals surface area contributed by atoms with Crippen molar-refractivity contribution in [3.63, 3.8) is 0 Å². The Morgan fingerprint density at radius 2 is 1.05 bits per heavy atom. The smallest absolute Gasteiger partial charge is 0.227 e. The fourth-order valence-electron chi connectivity index (χ4n) is 8.14. The molecule has 2 heterocycles. The number of nitrogens with zero attached hydrogens (tertiary/aromatic N) is 2. The number of anilines is 3. The number of thiophene rings is 1. The van der Waals surface area contributed by atoms with E-state index in [1.165, 1.54) is 59.3 Å². The lowest BCUT2D eigenvalue weighted by molar-refractivity contribution is 0.623. The number of aromatic nitrogens is 1. The molecule has 4 heteroatoms. The Labute approximate surface area is 322 Å². The molecule has 0 radical (unpaired) electrons. The molecule has 0 bridgehead atoms. The predicted molar refractivity (Wildman–Crippen MR) is 233 cm³/mol. The molecule has 0 aliphatic heterocycles. The molecule has 0 amide bonds. The first kappa shape index (κ1) is 31.5. The molecule has 0 aliphatic rings. The summed E-state index contributed by atoms with van der Waals surface area (Å²) in [5.74, 6) is 0.650. The Balaban J connectivity index is 1.07. The third kappa shape index (κ3) is 5.30. The maximum Gasteiger partial charge on any atom is 0.227 e. The van der Waals surface area contributed by atoms with Crippen molar-refractivity contribution in [1.29, 1.82) is 0 Å². The minimum atomic E-state index is 0.650. The summed E-state index contributed by atoms with van der Waals surface area (Å²) in [6, 6.07) is 69.3. The molecule has 0 spiro atoms. The second-order valence-electron chi connectivity index (χ2n) is 13.9. The molecule has 0 N–H and O–H groups in total. The van der Waals surface area contributed by atoms with Crippen molar-refractivity contribution in [3.8, 4) is 33.7 Å². The van der Waals surface area contributed by atoms with Crippen molar-refractivity contribution >= 4 is 81.2 Å². The van der Waals surface area contributed by atoms with Crippen LogP contribution in [0.4, 0.5) is 17.1 Å². The predicted octanol–water partition coefficient (Wildman–Crippen LogP) is 15.0. The number of rotatable bonds is 6. The summed E-state index contributed by atoms with van der Waals surface area (Å²) in [5.41, 5.74) is 10.8. The average Bonchev–Trinajstić information content (AvgIpc) is 3.87. The average molecular weight is 721 g/mol. The summed E-state index contributed by atoms with van der Waals surface area (Å²) >= 11 is 1.78. The van der Waals surface area contributed by atoms with E-state index in [1.54, 1.807) is 11.3 Å². The fourth-order valence-corrected chi connectivity index (χ4v) is 9.33. The molecule has 11 rings (SSSR count). The van der Waals surface area contributed by atoms with Gasteiger partial charge < -0.3 is 9.32 Å². The molecule has 0 fully saturated rings. The topological polar surface area (TPSA) is 29.3 Å². The van der Waals surface area contributed by atoms with Crippen LogP contribution in [0.25, 0.3) is 86.5 Å². The second-order valence-corrected chi connectivity index (χ2v) is 15.0. The third-order valence-electron chi connectivity index (χ3n) is 10.7. The lowest BCUT2D eigenvalue weighted by Crippen LogP contribution is -2.10. The van der Waals surface area contributed by atoms with Crippen LogP contribution < -0.4 is 4.90 Å². The molecule has 0 aliphatic carbocycles. The monoisotopic (exact) mass is 720 g/mol. The van der Waals surface area contributed by atoms with Crippen LogP contribution in [0.15, 0.2) is 199 Å². The molecular weight excluding hydrogens is 689 g/mol. The van der Waals surface area contributed by atoms with Gasteiger partial charge in [-0.1, -0.05) is 133 Å². The van der Waals surface area contributed by atoms with Crippen molar-refractivity contribution in [2.45, 2.75) is 0 Å². The van der Waals surface area contributed by atoms with Crippen molar-refractivity contribution in [1.82, 2.24) is 4.98 Å². The molecular formula is C51H32N2OS. The Bertz CT molecular complexity index is 3200. The van der Waals surface area contributed by atoms with Gasteiger partial charge in [0.15, 0.2) is 5.58 Å². The molecule has 0 saturated carbocycles. The van der Waals surface area contributed by atoms with Gasteiger partial charge in [-0.25, -0.2) is 4.98 Å². The van der Waals surface area contributed by atoms with Gasteiger partial charge in [-0.15, -0.1) is 11.3 Å². The minimum Gasteiger partial charge on any atom is -0.435 e. The van der Waals surface area contributed by atoms with E-state index in [2.05, 4.69) is 169 Å². The van der Waals surface area contributed by atoms with Gasteiger partial charge in [0.05, 0.1) is 4.70 Å². The van der Waals surface area contributed by atoms with E-state index in [0.717, 1.165) is 38.4 Å². The van der Waals surface area contributed by atoms with Crippen molar-refractivity contribution < 1.29 is 4.42 Å². The number of para-hydroxylation sites is 1. The Hall–Kier alpha value is -7.01. The molecule has 0 saturated heterocycles. The fraction of sp³-hybridized carbons (Fsp3) is 0. The second kappa shape index (κ2) is 12.8. The van der Waals surface area contributed by atoms with Gasteiger partial charge in [0, 0.05) is 38.1 Å². The number of hydrogen-bond acceptors (Lipinski definition) is 4. The normalized spacial score (nSPS) is 11.6. The Morgan fingerprint density at radius 3 is 1.85 bits per heavy atom. The highest BCUT2D eigenvalue weighted by Gasteiger charge is 2.19. The standard InChI is InChI=1S/C51H32N2OS/c1-4-13-33(14-5-1)41-21-10-11-22-42(41)36-17-12-20-39(31-36)53(38-18-8-3-9-19-38)40-26-27-43-37(32-40)24-23-34-25-30-46-48(47(34)43)44-28-29-45-49(50(44)55-46)54-51(52-45)35-15-6-2-7-16-35/h1-32H. The van der Waals surface area contributed by atoms with Crippen LogP contribution in [-0.4, -0.2) is 4.98 Å². The van der Waals surface area contributed by atoms with Gasteiger partial charge in [-0.05, 0) is 104 Å². The first-order chi connectivity index (χ1) is 27.3. The van der Waals surface area contributed by atoms with Crippen LogP contribution in [0.3, 0.4) is 0 Å². The summed E-state index contributed by atoms with van der Waals surface area (Å²) in [4.78, 5) is 7.23. The molecule has 11 aromatic rings. The number of benzene rings is 9. The Kier molecular flexibility index (Phi) is 7.35. The van der Waals surface area contributed by atoms with E-state index >= 15 is 0 Å². The third-order valence-corrected chi connectivity index (χ3v) is 11.8. The van der Waals surface area contributed by atoms with Gasteiger partial charge in [0.25, 0.3) is 0 Å². The zero-order valence-electron chi connectivity index (χ0n) is 29.7. The van der Waals surface area contributed by atoms with E-state index in [9.17, 15) is 0 Å². The summed E-state index contributed by atoms with van der Waals surface area (Å²) < 4.78 is 8.85. The Morgan fingerprint density at radius 1 is 0.436 bits per heavy atom. The maximum atomic E-state index is 6.48. The van der Waals surface area contributed by atoms with Gasteiger partial charge in [0.1, 0.15) is 5.52 Å². The molecule has 9 aromatic carbocycles. The van der Waals surface area contributed by atoms with E-state index in [-0.39, 0.29) is 0 Å². The number of fused-ring (bicyclic) bond motifs is 9. The summed E-state index contributed by atoms with van der Waals surface area (Å²) in [5, 5.41) is 7.37. The molecule has 0 unspecified atom stereocenters. The van der Waals surface area contributed by atoms with Crippen molar-refractivity contribution in [2.24, 2.45) is 0 Å². The molecule has 0 atom stereocenters. The molecule has 55 heavy (non-hydrogen) atoms. The van der Waals surface area contributed by atoms with Crippen LogP contribution in [0.5, 0.6) is 0 Å². The van der Waals surface area contributed by atoms with Crippen LogP contribution in [0.2, 0.25) is 0 Å². The van der Waals surface area contributed by atoms with E-state index < -0.39 is 0 Å². The SMILES string of the molecule is c1ccc(-c2nc3ccc4c(sc5ccc6ccc7cc(N(c8ccccc8)c8cccc(-c9ccccc9-c9ccccc9)c8)ccc7c6c54)c3o2)cc1. The largest absolute Gasteiger partial charge is 0.435 e. The first-order valence-electron chi connectivity index (χ1n) is 18.5. The lowest BCUT2D eigenvalue weighted by Gasteiger charge is -2.26. The summed E-state index contributed by atoms with van der Waals surface area (Å²) in [6.07, 6.45) is 0. The summed E-state index contributed by atoms with van der Waals surface area (Å²) in [6.45, 7) is 0. The quantitative estimate of drug-likeness (QED) is 0.160. The lowest BCUT2D eigenvalue weighted by atomic mass is 9.94. The van der Waals surface area contributed by atoms with Crippen LogP contribution in [0, 0.1) is 0 Å². The van der Waals surface area contributed by atoms with Gasteiger partial charge in [0.2, 0.25) is 5.89 Å². The molecule has 2 aromatic heterocycles. The van der Waals surface area contributed by atoms with E-state index in [1.807, 2.05) is 30.3 Å². The number of oxazole rings is 1. The molecule has 258 valence electrons. The highest BCUT2D eigenvalue weighted by molar-refractivity contribution is 7.26. The zero-order valence-corrected chi connectivity index (χ0v) is 30.5. The van der Waals surface area contributed by atoms with Gasteiger partial charge >= 0.3 is 0 Å². The molecule has 3 nitrogen and oxygen atoms in total. The van der Waals surface area contributed by atoms with E-state index in [4.69, 9.17) is 9.40 Å². The van der Waals surface area contributed by atoms with Gasteiger partial charge in [-0.2, -0.15) is 0 Å². The van der Waals surface area contributed by atoms with Crippen molar-refractivity contribution in [2.75, 3.05) is 4.90 Å². The highest BCUT2D eigenvalue weighted by Crippen LogP contribution is 2.46. The van der Waals surface area contributed by atoms with Crippen LogP contribution in [0.1, 0.15) is 0 Å². The summed E-state index contributed by atoms with van der Waals surface area (Å²) in [7, 11) is 0. The number of hydrogen-bond donors (Lipinski definition) is 0. The highest BCUT2D eigenvalue weighted by atomic mass is 32.1. The maximum absolute atomic E-state index is 6.48. The van der Waals surface area contributed by atoms with Crippen LogP contribution >= 0.6 is 11.3 Å². The van der Waals surface area contributed by atoms with Gasteiger partial charge in [-0.3, -0.25) is 0 Å². The van der Waals surface area contributed by atoms with Crippen molar-refractivity contribution in [3.05, 3.63) is 194 Å².